The van der Waals surface area contributed by atoms with Crippen molar-refractivity contribution in [2.75, 3.05) is 26.4 Å². The van der Waals surface area contributed by atoms with Crippen LogP contribution in [-0.4, -0.2) is 99.5 Å². The molecule has 0 spiro atoms. The van der Waals surface area contributed by atoms with E-state index in [-0.39, 0.29) is 24.2 Å². The van der Waals surface area contributed by atoms with E-state index in [0.717, 1.165) is 52.9 Å². The molecule has 3 aromatic rings. The Kier molecular flexibility index (Phi) is 11.8. The highest BCUT2D eigenvalue weighted by molar-refractivity contribution is 6.76. The normalized spacial score (nSPS) is 18.7. The number of carbonyl (C=O) groups excluding carboxylic acids is 2. The number of likely N-dealkylation sites (tertiary alicyclic amines) is 1. The largest absolute Gasteiger partial charge is 0.444 e. The first-order valence-corrected chi connectivity index (χ1v) is 21.9. The predicted molar refractivity (Wildman–Crippen MR) is 205 cm³/mol. The van der Waals surface area contributed by atoms with E-state index in [4.69, 9.17) is 29.2 Å². The molecule has 2 aliphatic heterocycles. The molecule has 2 N–H and O–H groups in total. The average Bonchev–Trinajstić information content (AvgIpc) is 3.81. The van der Waals surface area contributed by atoms with Crippen LogP contribution in [0.5, 0.6) is 0 Å². The SMILES string of the molecule is C[C@H](NC(=O)OC(C)(C)C)c1ncc(-c2ccc(-c3cnc(C4CN=C([C@@H]5CCCN5C(=O)OC(C)(C)C)N4COCC[Si](C)(C)C)cn3)cc2)[nH]1. The van der Waals surface area contributed by atoms with Crippen LogP contribution in [-0.2, 0) is 14.2 Å². The van der Waals surface area contributed by atoms with E-state index < -0.39 is 25.4 Å². The van der Waals surface area contributed by atoms with Crippen molar-refractivity contribution >= 4 is 26.1 Å². The number of H-pyrrole nitrogens is 1. The summed E-state index contributed by atoms with van der Waals surface area (Å²) in [5.41, 5.74) is 3.10. The summed E-state index contributed by atoms with van der Waals surface area (Å²) < 4.78 is 17.4. The molecule has 0 aliphatic carbocycles. The number of aromatic nitrogens is 4. The number of amidine groups is 1. The smallest absolute Gasteiger partial charge is 0.410 e. The van der Waals surface area contributed by atoms with Crippen molar-refractivity contribution in [2.45, 2.75) is 116 Å². The highest BCUT2D eigenvalue weighted by atomic mass is 28.3. The molecular weight excluding hydrogens is 677 g/mol. The topological polar surface area (TPSA) is 147 Å². The zero-order valence-electron chi connectivity index (χ0n) is 32.4. The van der Waals surface area contributed by atoms with E-state index in [9.17, 15) is 9.59 Å². The molecule has 0 saturated carbocycles. The van der Waals surface area contributed by atoms with Gasteiger partial charge in [0.25, 0.3) is 0 Å². The minimum absolute atomic E-state index is 0.159. The molecule has 282 valence electrons. The van der Waals surface area contributed by atoms with Crippen LogP contribution in [0.2, 0.25) is 25.7 Å². The first kappa shape index (κ1) is 38.9. The molecule has 1 fully saturated rings. The van der Waals surface area contributed by atoms with Crippen molar-refractivity contribution in [1.82, 2.24) is 35.1 Å². The summed E-state index contributed by atoms with van der Waals surface area (Å²) in [5.74, 6) is 1.48. The van der Waals surface area contributed by atoms with Gasteiger partial charge >= 0.3 is 12.2 Å². The van der Waals surface area contributed by atoms with Crippen LogP contribution in [0.4, 0.5) is 9.59 Å². The quantitative estimate of drug-likeness (QED) is 0.150. The molecule has 52 heavy (non-hydrogen) atoms. The number of nitrogens with one attached hydrogen (secondary N) is 2. The van der Waals surface area contributed by atoms with Crippen molar-refractivity contribution in [2.24, 2.45) is 4.99 Å². The number of benzene rings is 1. The number of nitrogens with zero attached hydrogens (tertiary/aromatic N) is 6. The van der Waals surface area contributed by atoms with Crippen LogP contribution in [0.15, 0.2) is 47.8 Å². The van der Waals surface area contributed by atoms with Gasteiger partial charge in [0.15, 0.2) is 0 Å². The van der Waals surface area contributed by atoms with Gasteiger partial charge in [0.1, 0.15) is 29.6 Å². The van der Waals surface area contributed by atoms with Crippen molar-refractivity contribution in [3.8, 4) is 22.5 Å². The second-order valence-electron chi connectivity index (χ2n) is 16.8. The monoisotopic (exact) mass is 732 g/mol. The summed E-state index contributed by atoms with van der Waals surface area (Å²) in [6.45, 7) is 22.2. The van der Waals surface area contributed by atoms with Gasteiger partial charge in [-0.15, -0.1) is 0 Å². The molecule has 2 amide bonds. The highest BCUT2D eigenvalue weighted by Crippen LogP contribution is 2.32. The Morgan fingerprint density at radius 2 is 1.63 bits per heavy atom. The van der Waals surface area contributed by atoms with Crippen LogP contribution in [0, 0.1) is 0 Å². The summed E-state index contributed by atoms with van der Waals surface area (Å²) in [7, 11) is -1.27. The summed E-state index contributed by atoms with van der Waals surface area (Å²) in [5, 5.41) is 2.82. The lowest BCUT2D eigenvalue weighted by molar-refractivity contribution is 0.0236. The number of carbonyl (C=O) groups is 2. The zero-order chi connectivity index (χ0) is 37.8. The molecule has 14 heteroatoms. The van der Waals surface area contributed by atoms with Crippen molar-refractivity contribution in [1.29, 1.82) is 0 Å². The van der Waals surface area contributed by atoms with E-state index in [0.29, 0.717) is 32.3 Å². The molecule has 3 atom stereocenters. The summed E-state index contributed by atoms with van der Waals surface area (Å²) in [4.78, 5) is 51.8. The number of hydrogen-bond donors (Lipinski definition) is 2. The van der Waals surface area contributed by atoms with Gasteiger partial charge in [-0.05, 0) is 72.9 Å². The number of amides is 2. The molecule has 2 aromatic heterocycles. The summed E-state index contributed by atoms with van der Waals surface area (Å²) in [6, 6.07) is 8.38. The van der Waals surface area contributed by atoms with E-state index >= 15 is 0 Å². The van der Waals surface area contributed by atoms with Gasteiger partial charge in [0.05, 0.1) is 60.3 Å². The molecule has 4 heterocycles. The van der Waals surface area contributed by atoms with E-state index in [1.54, 1.807) is 12.4 Å². The maximum Gasteiger partial charge on any atom is 0.410 e. The zero-order valence-corrected chi connectivity index (χ0v) is 33.4. The minimum Gasteiger partial charge on any atom is -0.444 e. The number of hydrogen-bond acceptors (Lipinski definition) is 10. The third kappa shape index (κ3) is 10.4. The van der Waals surface area contributed by atoms with Crippen LogP contribution < -0.4 is 5.32 Å². The number of rotatable bonds is 11. The molecule has 1 saturated heterocycles. The third-order valence-corrected chi connectivity index (χ3v) is 10.5. The Balaban J connectivity index is 1.27. The summed E-state index contributed by atoms with van der Waals surface area (Å²) >= 11 is 0. The van der Waals surface area contributed by atoms with E-state index in [1.165, 1.54) is 0 Å². The maximum atomic E-state index is 13.2. The lowest BCUT2D eigenvalue weighted by atomic mass is 10.1. The molecule has 1 aromatic carbocycles. The average molecular weight is 733 g/mol. The van der Waals surface area contributed by atoms with Crippen molar-refractivity contribution < 1.29 is 23.8 Å². The van der Waals surface area contributed by atoms with E-state index in [2.05, 4.69) is 39.8 Å². The Morgan fingerprint density at radius 1 is 0.942 bits per heavy atom. The van der Waals surface area contributed by atoms with Gasteiger partial charge in [-0.25, -0.2) is 14.6 Å². The fourth-order valence-corrected chi connectivity index (χ4v) is 6.84. The minimum atomic E-state index is -1.27. The van der Waals surface area contributed by atoms with Crippen molar-refractivity contribution in [3.63, 3.8) is 0 Å². The second-order valence-corrected chi connectivity index (χ2v) is 22.4. The molecular formula is C38H56N8O5Si. The van der Waals surface area contributed by atoms with Crippen molar-refractivity contribution in [3.05, 3.63) is 54.4 Å². The number of aromatic amines is 1. The fourth-order valence-electron chi connectivity index (χ4n) is 6.09. The number of ether oxygens (including phenoxy) is 3. The highest BCUT2D eigenvalue weighted by Gasteiger charge is 2.42. The summed E-state index contributed by atoms with van der Waals surface area (Å²) in [6.07, 6.45) is 6.27. The standard InChI is InChI=1S/C38H56N8O5Si/c1-25(43-35(47)50-37(2,3)4)33-41-21-29(44-33)27-15-13-26(14-16-27)28-20-40-30(22-39-28)32-23-42-34(46(32)24-49-18-19-52(8,9)10)31-12-11-17-45(31)36(48)51-38(5,6)7/h13-16,20-22,25,31-32H,11-12,17-19,23-24H2,1-10H3,(H,41,44)(H,43,47)/t25-,31-,32?/m0/s1. The maximum absolute atomic E-state index is 13.2. The molecule has 13 nitrogen and oxygen atoms in total. The Labute approximate surface area is 309 Å². The van der Waals surface area contributed by atoms with Crippen LogP contribution >= 0.6 is 0 Å². The lowest BCUT2D eigenvalue weighted by Gasteiger charge is -2.34. The van der Waals surface area contributed by atoms with Gasteiger partial charge in [-0.2, -0.15) is 0 Å². The number of aliphatic imine (C=N–C) groups is 1. The van der Waals surface area contributed by atoms with Gasteiger partial charge in [0, 0.05) is 26.8 Å². The molecule has 0 bridgehead atoms. The molecule has 2 aliphatic rings. The fraction of sp³-hybridized carbons (Fsp3) is 0.579. The first-order valence-electron chi connectivity index (χ1n) is 18.2. The van der Waals surface area contributed by atoms with Gasteiger partial charge in [-0.3, -0.25) is 19.9 Å². The van der Waals surface area contributed by atoms with Gasteiger partial charge in [-0.1, -0.05) is 43.9 Å². The number of alkyl carbamates (subject to hydrolysis) is 1. The van der Waals surface area contributed by atoms with Crippen LogP contribution in [0.25, 0.3) is 22.5 Å². The van der Waals surface area contributed by atoms with Gasteiger partial charge < -0.3 is 29.4 Å². The Hall–Kier alpha value is -4.30. The first-order chi connectivity index (χ1) is 24.4. The third-order valence-electron chi connectivity index (χ3n) is 8.75. The van der Waals surface area contributed by atoms with Gasteiger partial charge in [0.2, 0.25) is 0 Å². The number of imidazole rings is 1. The van der Waals surface area contributed by atoms with Crippen LogP contribution in [0.3, 0.4) is 0 Å². The molecule has 5 rings (SSSR count). The molecule has 0 radical (unpaired) electrons. The Bertz CT molecular complexity index is 1710. The second kappa shape index (κ2) is 15.7. The predicted octanol–water partition coefficient (Wildman–Crippen LogP) is 7.59. The Morgan fingerprint density at radius 3 is 2.27 bits per heavy atom. The van der Waals surface area contributed by atoms with E-state index in [1.807, 2.05) is 83.8 Å². The lowest BCUT2D eigenvalue weighted by Crippen LogP contribution is -2.48. The molecule has 1 unspecified atom stereocenters. The van der Waals surface area contributed by atoms with Crippen LogP contribution in [0.1, 0.15) is 84.9 Å².